The van der Waals surface area contributed by atoms with Crippen LogP contribution in [0.2, 0.25) is 0 Å². The summed E-state index contributed by atoms with van der Waals surface area (Å²) in [6.07, 6.45) is 8.36. The zero-order chi connectivity index (χ0) is 15.2. The number of hydrogen-bond acceptors (Lipinski definition) is 4. The van der Waals surface area contributed by atoms with Crippen molar-refractivity contribution in [2.75, 3.05) is 7.11 Å². The van der Waals surface area contributed by atoms with Crippen LogP contribution < -0.4 is 5.32 Å². The molecule has 0 bridgehead atoms. The average Bonchev–Trinajstić information content (AvgIpc) is 2.68. The minimum absolute atomic E-state index is 0.0758. The Morgan fingerprint density at radius 2 is 2.00 bits per heavy atom. The molecule has 1 aromatic rings. The minimum Gasteiger partial charge on any atom is -0.464 e. The maximum absolute atomic E-state index is 12.2. The highest BCUT2D eigenvalue weighted by molar-refractivity contribution is 5.88. The predicted molar refractivity (Wildman–Crippen MR) is 77.9 cm³/mol. The number of carbonyl (C=O) groups excluding carboxylic acids is 2. The van der Waals surface area contributed by atoms with Crippen LogP contribution in [0.5, 0.6) is 0 Å². The molecule has 0 unspecified atom stereocenters. The van der Waals surface area contributed by atoms with Gasteiger partial charge in [-0.2, -0.15) is 0 Å². The Kier molecular flexibility index (Phi) is 5.36. The van der Waals surface area contributed by atoms with E-state index < -0.39 is 5.97 Å². The number of rotatable bonds is 4. The molecule has 21 heavy (non-hydrogen) atoms. The van der Waals surface area contributed by atoms with Crippen LogP contribution in [0.25, 0.3) is 0 Å². The first-order valence-corrected chi connectivity index (χ1v) is 7.51. The van der Waals surface area contributed by atoms with Gasteiger partial charge in [-0.1, -0.05) is 25.7 Å². The molecular formula is C15H23N3O3. The van der Waals surface area contributed by atoms with Crippen molar-refractivity contribution in [2.24, 2.45) is 0 Å². The van der Waals surface area contributed by atoms with E-state index in [-0.39, 0.29) is 18.5 Å². The number of hydrogen-bond donors (Lipinski definition) is 1. The van der Waals surface area contributed by atoms with E-state index in [0.717, 1.165) is 12.8 Å². The second-order valence-electron chi connectivity index (χ2n) is 5.52. The number of ether oxygens (including phenoxy) is 1. The summed E-state index contributed by atoms with van der Waals surface area (Å²) in [4.78, 5) is 27.9. The van der Waals surface area contributed by atoms with Crippen molar-refractivity contribution >= 4 is 11.9 Å². The van der Waals surface area contributed by atoms with E-state index in [0.29, 0.717) is 11.5 Å². The van der Waals surface area contributed by atoms with Crippen molar-refractivity contribution in [3.8, 4) is 0 Å². The third-order valence-corrected chi connectivity index (χ3v) is 3.97. The standard InChI is InChI=1S/C15H23N3O3/c1-11-16-9-13(15(20)21-2)18(11)10-14(19)17-12-7-5-3-4-6-8-12/h9,12H,3-8,10H2,1-2H3,(H,17,19). The molecule has 0 aromatic carbocycles. The zero-order valence-corrected chi connectivity index (χ0v) is 12.7. The molecular weight excluding hydrogens is 270 g/mol. The number of nitrogens with one attached hydrogen (secondary N) is 1. The molecule has 0 aliphatic heterocycles. The number of aromatic nitrogens is 2. The molecule has 0 saturated heterocycles. The van der Waals surface area contributed by atoms with Gasteiger partial charge >= 0.3 is 5.97 Å². The van der Waals surface area contributed by atoms with Gasteiger partial charge in [0, 0.05) is 6.04 Å². The Labute approximate surface area is 124 Å². The first-order chi connectivity index (χ1) is 10.1. The number of esters is 1. The fourth-order valence-corrected chi connectivity index (χ4v) is 2.78. The minimum atomic E-state index is -0.474. The molecule has 0 atom stereocenters. The number of nitrogens with zero attached hydrogens (tertiary/aromatic N) is 2. The summed E-state index contributed by atoms with van der Waals surface area (Å²) in [5.41, 5.74) is 0.311. The largest absolute Gasteiger partial charge is 0.464 e. The third kappa shape index (κ3) is 4.06. The fraction of sp³-hybridized carbons (Fsp3) is 0.667. The molecule has 116 valence electrons. The first kappa shape index (κ1) is 15.5. The van der Waals surface area contributed by atoms with Gasteiger partial charge < -0.3 is 14.6 Å². The monoisotopic (exact) mass is 293 g/mol. The zero-order valence-electron chi connectivity index (χ0n) is 12.7. The van der Waals surface area contributed by atoms with E-state index in [1.165, 1.54) is 39.0 Å². The molecule has 6 nitrogen and oxygen atoms in total. The summed E-state index contributed by atoms with van der Waals surface area (Å²) < 4.78 is 6.30. The SMILES string of the molecule is COC(=O)c1cnc(C)n1CC(=O)NC1CCCCCC1. The lowest BCUT2D eigenvalue weighted by Gasteiger charge is -2.17. The van der Waals surface area contributed by atoms with Crippen LogP contribution in [0.1, 0.15) is 54.8 Å². The molecule has 1 aliphatic rings. The molecule has 1 fully saturated rings. The lowest BCUT2D eigenvalue weighted by molar-refractivity contribution is -0.122. The predicted octanol–water partition coefficient (Wildman–Crippen LogP) is 1.82. The van der Waals surface area contributed by atoms with Crippen LogP contribution in [-0.4, -0.2) is 34.6 Å². The van der Waals surface area contributed by atoms with Crippen molar-refractivity contribution in [3.05, 3.63) is 17.7 Å². The van der Waals surface area contributed by atoms with Crippen molar-refractivity contribution in [2.45, 2.75) is 58.0 Å². The van der Waals surface area contributed by atoms with E-state index >= 15 is 0 Å². The van der Waals surface area contributed by atoms with Gasteiger partial charge in [-0.25, -0.2) is 9.78 Å². The summed E-state index contributed by atoms with van der Waals surface area (Å²) in [6, 6.07) is 0.255. The van der Waals surface area contributed by atoms with E-state index in [1.54, 1.807) is 11.5 Å². The topological polar surface area (TPSA) is 73.2 Å². The maximum Gasteiger partial charge on any atom is 0.356 e. The number of imidazole rings is 1. The van der Waals surface area contributed by atoms with Gasteiger partial charge in [-0.3, -0.25) is 4.79 Å². The Morgan fingerprint density at radius 3 is 2.62 bits per heavy atom. The molecule has 1 aliphatic carbocycles. The van der Waals surface area contributed by atoms with Crippen LogP contribution in [0.3, 0.4) is 0 Å². The number of carbonyl (C=O) groups is 2. The molecule has 1 saturated carbocycles. The van der Waals surface area contributed by atoms with Crippen LogP contribution in [-0.2, 0) is 16.1 Å². The summed E-state index contributed by atoms with van der Waals surface area (Å²) >= 11 is 0. The molecule has 2 rings (SSSR count). The highest BCUT2D eigenvalue weighted by Crippen LogP contribution is 2.17. The van der Waals surface area contributed by atoms with E-state index in [1.807, 2.05) is 0 Å². The Morgan fingerprint density at radius 1 is 1.33 bits per heavy atom. The molecule has 1 amide bonds. The quantitative estimate of drug-likeness (QED) is 0.679. The van der Waals surface area contributed by atoms with Crippen LogP contribution in [0.15, 0.2) is 6.20 Å². The van der Waals surface area contributed by atoms with Gasteiger partial charge in [0.05, 0.1) is 13.3 Å². The highest BCUT2D eigenvalue weighted by atomic mass is 16.5. The summed E-state index contributed by atoms with van der Waals surface area (Å²) in [5, 5.41) is 3.07. The lowest BCUT2D eigenvalue weighted by Crippen LogP contribution is -2.37. The van der Waals surface area contributed by atoms with Gasteiger partial charge in [0.2, 0.25) is 5.91 Å². The van der Waals surface area contributed by atoms with Crippen molar-refractivity contribution in [1.29, 1.82) is 0 Å². The van der Waals surface area contributed by atoms with Crippen LogP contribution >= 0.6 is 0 Å². The average molecular weight is 293 g/mol. The van der Waals surface area contributed by atoms with Gasteiger partial charge in [0.25, 0.3) is 0 Å². The smallest absolute Gasteiger partial charge is 0.356 e. The molecule has 0 spiro atoms. The number of methoxy groups -OCH3 is 1. The normalized spacial score (nSPS) is 16.3. The Balaban J connectivity index is 1.99. The van der Waals surface area contributed by atoms with Crippen molar-refractivity contribution in [3.63, 3.8) is 0 Å². The molecule has 1 aromatic heterocycles. The molecule has 6 heteroatoms. The highest BCUT2D eigenvalue weighted by Gasteiger charge is 2.19. The van der Waals surface area contributed by atoms with E-state index in [9.17, 15) is 9.59 Å². The third-order valence-electron chi connectivity index (χ3n) is 3.97. The Bertz CT molecular complexity index is 502. The van der Waals surface area contributed by atoms with Gasteiger partial charge in [0.15, 0.2) is 0 Å². The Hall–Kier alpha value is -1.85. The van der Waals surface area contributed by atoms with Gasteiger partial charge in [-0.15, -0.1) is 0 Å². The van der Waals surface area contributed by atoms with Gasteiger partial charge in [-0.05, 0) is 19.8 Å². The molecule has 0 radical (unpaired) electrons. The van der Waals surface area contributed by atoms with Crippen molar-refractivity contribution < 1.29 is 14.3 Å². The second kappa shape index (κ2) is 7.24. The summed E-state index contributed by atoms with van der Waals surface area (Å²) in [5.74, 6) is 0.0810. The van der Waals surface area contributed by atoms with E-state index in [2.05, 4.69) is 10.3 Å². The number of aryl methyl sites for hydroxylation is 1. The second-order valence-corrected chi connectivity index (χ2v) is 5.52. The molecule has 1 N–H and O–H groups in total. The maximum atomic E-state index is 12.2. The van der Waals surface area contributed by atoms with Crippen molar-refractivity contribution in [1.82, 2.24) is 14.9 Å². The summed E-state index contributed by atoms with van der Waals surface area (Å²) in [7, 11) is 1.32. The van der Waals surface area contributed by atoms with Crippen LogP contribution in [0.4, 0.5) is 0 Å². The summed E-state index contributed by atoms with van der Waals surface area (Å²) in [6.45, 7) is 1.87. The van der Waals surface area contributed by atoms with Gasteiger partial charge in [0.1, 0.15) is 18.1 Å². The van der Waals surface area contributed by atoms with E-state index in [4.69, 9.17) is 4.74 Å². The first-order valence-electron chi connectivity index (χ1n) is 7.51. The fourth-order valence-electron chi connectivity index (χ4n) is 2.78. The number of amides is 1. The van der Waals surface area contributed by atoms with Crippen LogP contribution in [0, 0.1) is 6.92 Å². The molecule has 1 heterocycles. The lowest BCUT2D eigenvalue weighted by atomic mass is 10.1.